The van der Waals surface area contributed by atoms with Crippen LogP contribution in [0.5, 0.6) is 0 Å². The van der Waals surface area contributed by atoms with Crippen molar-refractivity contribution in [1.29, 1.82) is 0 Å². The third-order valence-corrected chi connectivity index (χ3v) is 3.23. The Morgan fingerprint density at radius 2 is 2.44 bits per heavy atom. The van der Waals surface area contributed by atoms with E-state index in [1.807, 2.05) is 17.8 Å². The molecule has 0 bridgehead atoms. The summed E-state index contributed by atoms with van der Waals surface area (Å²) in [6.45, 7) is 0.573. The first-order valence-corrected chi connectivity index (χ1v) is 6.46. The molecule has 2 heterocycles. The number of carbonyl (C=O) groups excluding carboxylic acids is 1. The van der Waals surface area contributed by atoms with E-state index in [1.54, 1.807) is 11.6 Å². The minimum Gasteiger partial charge on any atom is -0.375 e. The van der Waals surface area contributed by atoms with Gasteiger partial charge < -0.3 is 15.6 Å². The summed E-state index contributed by atoms with van der Waals surface area (Å²) in [5, 5.41) is 5.13. The van der Waals surface area contributed by atoms with E-state index in [2.05, 4.69) is 15.3 Å². The molecule has 1 amide bonds. The molecule has 6 nitrogen and oxygen atoms in total. The number of aryl methyl sites for hydroxylation is 1. The minimum atomic E-state index is -0.0468. The average Bonchev–Trinajstić information content (AvgIpc) is 2.89. The molecule has 0 aliphatic rings. The maximum absolute atomic E-state index is 11.6. The van der Waals surface area contributed by atoms with Crippen molar-refractivity contribution in [2.24, 2.45) is 7.05 Å². The highest BCUT2D eigenvalue weighted by Gasteiger charge is 2.06. The van der Waals surface area contributed by atoms with Gasteiger partial charge in [0.2, 0.25) is 5.91 Å². The van der Waals surface area contributed by atoms with Crippen LogP contribution < -0.4 is 11.1 Å². The van der Waals surface area contributed by atoms with Gasteiger partial charge in [0.15, 0.2) is 5.13 Å². The first-order chi connectivity index (χ1) is 8.65. The number of anilines is 1. The molecule has 0 aromatic carbocycles. The molecule has 0 spiro atoms. The summed E-state index contributed by atoms with van der Waals surface area (Å²) in [4.78, 5) is 19.8. The quantitative estimate of drug-likeness (QED) is 0.817. The normalized spacial score (nSPS) is 10.5. The van der Waals surface area contributed by atoms with Crippen molar-refractivity contribution in [1.82, 2.24) is 19.9 Å². The average molecular weight is 265 g/mol. The monoisotopic (exact) mass is 265 g/mol. The molecular weight excluding hydrogens is 250 g/mol. The van der Waals surface area contributed by atoms with Gasteiger partial charge in [-0.15, -0.1) is 11.3 Å². The summed E-state index contributed by atoms with van der Waals surface area (Å²) in [5.74, 6) is 0.905. The molecule has 0 saturated carbocycles. The van der Waals surface area contributed by atoms with E-state index in [-0.39, 0.29) is 12.3 Å². The lowest BCUT2D eigenvalue weighted by Gasteiger charge is -2.04. The Hall–Kier alpha value is -1.89. The number of nitrogens with zero attached hydrogens (tertiary/aromatic N) is 3. The largest absolute Gasteiger partial charge is 0.375 e. The lowest BCUT2D eigenvalue weighted by molar-refractivity contribution is -0.120. The summed E-state index contributed by atoms with van der Waals surface area (Å²) >= 11 is 1.34. The predicted octanol–water partition coefficient (Wildman–Crippen LogP) is 0.360. The molecule has 2 aromatic rings. The topological polar surface area (TPSA) is 85.8 Å². The first-order valence-electron chi connectivity index (χ1n) is 5.58. The van der Waals surface area contributed by atoms with Gasteiger partial charge in [0, 0.05) is 37.8 Å². The fourth-order valence-corrected chi connectivity index (χ4v) is 2.14. The van der Waals surface area contributed by atoms with Crippen LogP contribution >= 0.6 is 11.3 Å². The van der Waals surface area contributed by atoms with E-state index in [4.69, 9.17) is 5.73 Å². The van der Waals surface area contributed by atoms with Crippen LogP contribution in [0.1, 0.15) is 11.5 Å². The van der Waals surface area contributed by atoms with Crippen LogP contribution in [0.3, 0.4) is 0 Å². The van der Waals surface area contributed by atoms with E-state index < -0.39 is 0 Å². The molecule has 2 rings (SSSR count). The number of imidazole rings is 1. The Morgan fingerprint density at radius 1 is 1.61 bits per heavy atom. The highest BCUT2D eigenvalue weighted by molar-refractivity contribution is 7.13. The highest BCUT2D eigenvalue weighted by atomic mass is 32.1. The standard InChI is InChI=1S/C11H15N5OS/c1-16-5-4-13-9(16)2-3-14-10(17)6-8-7-18-11(12)15-8/h4-5,7H,2-3,6H2,1H3,(H2,12,15)(H,14,17). The van der Waals surface area contributed by atoms with E-state index in [0.717, 1.165) is 5.82 Å². The molecule has 0 radical (unpaired) electrons. The molecule has 96 valence electrons. The number of carbonyl (C=O) groups is 1. The first kappa shape index (κ1) is 12.6. The molecule has 3 N–H and O–H groups in total. The number of nitrogens with one attached hydrogen (secondary N) is 1. The van der Waals surface area contributed by atoms with E-state index in [9.17, 15) is 4.79 Å². The van der Waals surface area contributed by atoms with Gasteiger partial charge >= 0.3 is 0 Å². The van der Waals surface area contributed by atoms with Crippen LogP contribution in [-0.4, -0.2) is 27.0 Å². The molecule has 0 unspecified atom stereocenters. The summed E-state index contributed by atoms with van der Waals surface area (Å²) in [6, 6.07) is 0. The van der Waals surface area contributed by atoms with Crippen LogP contribution in [0, 0.1) is 0 Å². The van der Waals surface area contributed by atoms with Crippen molar-refractivity contribution in [3.05, 3.63) is 29.3 Å². The number of hydrogen-bond donors (Lipinski definition) is 2. The number of thiazole rings is 1. The van der Waals surface area contributed by atoms with Crippen LogP contribution in [0.15, 0.2) is 17.8 Å². The SMILES string of the molecule is Cn1ccnc1CCNC(=O)Cc1csc(N)n1. The van der Waals surface area contributed by atoms with Crippen molar-refractivity contribution in [2.45, 2.75) is 12.8 Å². The molecule has 18 heavy (non-hydrogen) atoms. The van der Waals surface area contributed by atoms with Gasteiger partial charge in [0.05, 0.1) is 12.1 Å². The molecule has 0 aliphatic carbocycles. The Morgan fingerprint density at radius 3 is 3.06 bits per heavy atom. The Labute approximate surface area is 109 Å². The Balaban J connectivity index is 1.74. The highest BCUT2D eigenvalue weighted by Crippen LogP contribution is 2.11. The maximum atomic E-state index is 11.6. The van der Waals surface area contributed by atoms with Crippen molar-refractivity contribution in [3.8, 4) is 0 Å². The molecule has 0 fully saturated rings. The van der Waals surface area contributed by atoms with Gasteiger partial charge in [0.25, 0.3) is 0 Å². The molecule has 2 aromatic heterocycles. The molecule has 7 heteroatoms. The molecule has 0 saturated heterocycles. The fourth-order valence-electron chi connectivity index (χ4n) is 1.58. The van der Waals surface area contributed by atoms with Crippen LogP contribution in [0.4, 0.5) is 5.13 Å². The molecule has 0 atom stereocenters. The second kappa shape index (κ2) is 5.63. The zero-order valence-corrected chi connectivity index (χ0v) is 10.9. The number of aromatic nitrogens is 3. The zero-order chi connectivity index (χ0) is 13.0. The number of nitrogen functional groups attached to an aromatic ring is 1. The van der Waals surface area contributed by atoms with Crippen molar-refractivity contribution < 1.29 is 4.79 Å². The zero-order valence-electron chi connectivity index (χ0n) is 10.1. The summed E-state index contributed by atoms with van der Waals surface area (Å²) in [6.07, 6.45) is 4.62. The number of rotatable bonds is 5. The van der Waals surface area contributed by atoms with Crippen LogP contribution in [0.25, 0.3) is 0 Å². The van der Waals surface area contributed by atoms with Gasteiger partial charge in [-0.3, -0.25) is 4.79 Å². The fraction of sp³-hybridized carbons (Fsp3) is 0.364. The summed E-state index contributed by atoms with van der Waals surface area (Å²) < 4.78 is 1.94. The lowest BCUT2D eigenvalue weighted by Crippen LogP contribution is -2.27. The molecule has 0 aliphatic heterocycles. The molecular formula is C11H15N5OS. The van der Waals surface area contributed by atoms with Gasteiger partial charge in [-0.25, -0.2) is 9.97 Å². The smallest absolute Gasteiger partial charge is 0.226 e. The van der Waals surface area contributed by atoms with E-state index >= 15 is 0 Å². The number of hydrogen-bond acceptors (Lipinski definition) is 5. The van der Waals surface area contributed by atoms with Gasteiger partial charge in [-0.1, -0.05) is 0 Å². The van der Waals surface area contributed by atoms with Crippen molar-refractivity contribution >= 4 is 22.4 Å². The Bertz CT molecular complexity index is 533. The third kappa shape index (κ3) is 3.30. The van der Waals surface area contributed by atoms with E-state index in [1.165, 1.54) is 11.3 Å². The lowest BCUT2D eigenvalue weighted by atomic mass is 10.3. The predicted molar refractivity (Wildman–Crippen MR) is 70.2 cm³/mol. The second-order valence-corrected chi connectivity index (χ2v) is 4.80. The van der Waals surface area contributed by atoms with Crippen molar-refractivity contribution in [2.75, 3.05) is 12.3 Å². The number of nitrogens with two attached hydrogens (primary N) is 1. The van der Waals surface area contributed by atoms with Gasteiger partial charge in [0.1, 0.15) is 5.82 Å². The summed E-state index contributed by atoms with van der Waals surface area (Å²) in [5.41, 5.74) is 6.21. The summed E-state index contributed by atoms with van der Waals surface area (Å²) in [7, 11) is 1.93. The van der Waals surface area contributed by atoms with Gasteiger partial charge in [-0.05, 0) is 0 Å². The third-order valence-electron chi connectivity index (χ3n) is 2.50. The van der Waals surface area contributed by atoms with E-state index in [0.29, 0.717) is 23.8 Å². The minimum absolute atomic E-state index is 0.0468. The maximum Gasteiger partial charge on any atom is 0.226 e. The van der Waals surface area contributed by atoms with Crippen molar-refractivity contribution in [3.63, 3.8) is 0 Å². The Kier molecular flexibility index (Phi) is 3.93. The second-order valence-electron chi connectivity index (χ2n) is 3.91. The number of amides is 1. The van der Waals surface area contributed by atoms with Crippen LogP contribution in [0.2, 0.25) is 0 Å². The van der Waals surface area contributed by atoms with Crippen LogP contribution in [-0.2, 0) is 24.7 Å². The van der Waals surface area contributed by atoms with Gasteiger partial charge in [-0.2, -0.15) is 0 Å².